The van der Waals surface area contributed by atoms with Crippen LogP contribution >= 0.6 is 23.5 Å². The average Bonchev–Trinajstić information content (AvgIpc) is 2.79. The van der Waals surface area contributed by atoms with Gasteiger partial charge in [-0.05, 0) is 42.3 Å². The first-order valence-corrected chi connectivity index (χ1v) is 7.50. The third kappa shape index (κ3) is 3.13. The molecular formula is C13H13NO3S2. The molecule has 2 rings (SSSR count). The van der Waals surface area contributed by atoms with Gasteiger partial charge < -0.3 is 9.47 Å². The van der Waals surface area contributed by atoms with Gasteiger partial charge in [-0.25, -0.2) is 4.99 Å². The number of ether oxygens (including phenoxy) is 2. The van der Waals surface area contributed by atoms with E-state index in [1.54, 1.807) is 26.4 Å². The second-order valence-electron chi connectivity index (χ2n) is 3.61. The first kappa shape index (κ1) is 14.0. The highest BCUT2D eigenvalue weighted by Gasteiger charge is 2.21. The maximum atomic E-state index is 11.8. The Kier molecular flexibility index (Phi) is 4.55. The number of carbonyl (C=O) groups excluding carboxylic acids is 1. The topological polar surface area (TPSA) is 47.9 Å². The molecule has 100 valence electrons. The summed E-state index contributed by atoms with van der Waals surface area (Å²) in [5.41, 5.74) is 1.21. The second-order valence-corrected chi connectivity index (χ2v) is 5.62. The molecule has 0 atom stereocenters. The average molecular weight is 295 g/mol. The van der Waals surface area contributed by atoms with E-state index in [4.69, 9.17) is 9.47 Å². The molecule has 4 nitrogen and oxygen atoms in total. The van der Waals surface area contributed by atoms with Gasteiger partial charge in [0.25, 0.3) is 0 Å². The van der Waals surface area contributed by atoms with Gasteiger partial charge in [0.05, 0.1) is 14.2 Å². The van der Waals surface area contributed by atoms with Crippen LogP contribution in [0, 0.1) is 0 Å². The molecule has 1 aromatic rings. The molecule has 1 aliphatic heterocycles. The third-order valence-electron chi connectivity index (χ3n) is 2.50. The summed E-state index contributed by atoms with van der Waals surface area (Å²) in [7, 11) is 3.19. The predicted octanol–water partition coefficient (Wildman–Crippen LogP) is 3.04. The van der Waals surface area contributed by atoms with E-state index in [0.717, 1.165) is 21.7 Å². The maximum Gasteiger partial charge on any atom is 0.244 e. The first-order chi connectivity index (χ1) is 9.17. The molecule has 0 aromatic heterocycles. The normalized spacial score (nSPS) is 16.7. The van der Waals surface area contributed by atoms with Gasteiger partial charge >= 0.3 is 0 Å². The fourth-order valence-electron chi connectivity index (χ4n) is 1.58. The summed E-state index contributed by atoms with van der Waals surface area (Å²) in [6.07, 6.45) is 3.62. The third-order valence-corrected chi connectivity index (χ3v) is 4.36. The number of methoxy groups -OCH3 is 2. The van der Waals surface area contributed by atoms with E-state index in [1.807, 2.05) is 18.4 Å². The van der Waals surface area contributed by atoms with Crippen molar-refractivity contribution in [2.45, 2.75) is 0 Å². The van der Waals surface area contributed by atoms with E-state index < -0.39 is 0 Å². The van der Waals surface area contributed by atoms with E-state index in [0.29, 0.717) is 17.2 Å². The van der Waals surface area contributed by atoms with Crippen molar-refractivity contribution in [3.8, 4) is 11.5 Å². The van der Waals surface area contributed by atoms with Crippen molar-refractivity contribution in [1.29, 1.82) is 0 Å². The van der Waals surface area contributed by atoms with Crippen molar-refractivity contribution in [1.82, 2.24) is 0 Å². The number of hydrogen-bond acceptors (Lipinski definition) is 6. The largest absolute Gasteiger partial charge is 0.497 e. The summed E-state index contributed by atoms with van der Waals surface area (Å²) in [4.78, 5) is 16.1. The molecule has 0 fully saturated rings. The maximum absolute atomic E-state index is 11.8. The zero-order valence-corrected chi connectivity index (χ0v) is 12.4. The van der Waals surface area contributed by atoms with Crippen molar-refractivity contribution < 1.29 is 14.3 Å². The highest BCUT2D eigenvalue weighted by Crippen LogP contribution is 2.32. The second kappa shape index (κ2) is 6.16. The molecular weight excluding hydrogens is 282 g/mol. The number of benzene rings is 1. The monoisotopic (exact) mass is 295 g/mol. The van der Waals surface area contributed by atoms with Crippen LogP contribution < -0.4 is 9.47 Å². The molecule has 0 bridgehead atoms. The lowest BCUT2D eigenvalue weighted by molar-refractivity contribution is -0.107. The van der Waals surface area contributed by atoms with E-state index in [1.165, 1.54) is 11.8 Å². The molecule has 0 aliphatic carbocycles. The van der Waals surface area contributed by atoms with Gasteiger partial charge in [0.1, 0.15) is 21.6 Å². The molecule has 1 aromatic carbocycles. The van der Waals surface area contributed by atoms with Crippen molar-refractivity contribution in [2.24, 2.45) is 4.99 Å². The molecule has 0 saturated carbocycles. The zero-order valence-electron chi connectivity index (χ0n) is 10.8. The van der Waals surface area contributed by atoms with Gasteiger partial charge in [0, 0.05) is 5.56 Å². The highest BCUT2D eigenvalue weighted by molar-refractivity contribution is 8.45. The standard InChI is InChI=1S/C13H13NO3S2/c1-16-9-4-5-11(17-2)8(6-9)7-10-12(15)19-13(14-10)18-3/h4-7H,1-3H3/b10-7+. The number of nitrogens with zero attached hydrogens (tertiary/aromatic N) is 1. The van der Waals surface area contributed by atoms with Crippen molar-refractivity contribution in [3.05, 3.63) is 29.5 Å². The lowest BCUT2D eigenvalue weighted by atomic mass is 10.1. The lowest BCUT2D eigenvalue weighted by Crippen LogP contribution is -1.92. The number of carbonyl (C=O) groups is 1. The Morgan fingerprint density at radius 1 is 1.32 bits per heavy atom. The minimum Gasteiger partial charge on any atom is -0.497 e. The molecule has 6 heteroatoms. The number of thioether (sulfide) groups is 2. The summed E-state index contributed by atoms with van der Waals surface area (Å²) >= 11 is 2.61. The van der Waals surface area contributed by atoms with Crippen LogP contribution in [0.25, 0.3) is 6.08 Å². The Hall–Kier alpha value is -1.40. The summed E-state index contributed by atoms with van der Waals surface area (Å²) in [5.74, 6) is 1.39. The van der Waals surface area contributed by atoms with Gasteiger partial charge in [-0.2, -0.15) is 0 Å². The predicted molar refractivity (Wildman–Crippen MR) is 81.1 cm³/mol. The number of aliphatic imine (C=N–C) groups is 1. The van der Waals surface area contributed by atoms with Crippen LogP contribution in [-0.4, -0.2) is 30.0 Å². The Morgan fingerprint density at radius 3 is 2.68 bits per heavy atom. The Bertz CT molecular complexity index is 567. The molecule has 0 radical (unpaired) electrons. The van der Waals surface area contributed by atoms with E-state index in [-0.39, 0.29) is 5.12 Å². The van der Waals surface area contributed by atoms with Gasteiger partial charge in [-0.1, -0.05) is 0 Å². The van der Waals surface area contributed by atoms with E-state index in [2.05, 4.69) is 4.99 Å². The Balaban J connectivity index is 2.41. The number of rotatable bonds is 3. The Morgan fingerprint density at radius 2 is 2.11 bits per heavy atom. The lowest BCUT2D eigenvalue weighted by Gasteiger charge is -2.07. The van der Waals surface area contributed by atoms with E-state index in [9.17, 15) is 4.79 Å². The van der Waals surface area contributed by atoms with Crippen LogP contribution in [0.3, 0.4) is 0 Å². The van der Waals surface area contributed by atoms with Gasteiger partial charge in [0.2, 0.25) is 5.12 Å². The van der Waals surface area contributed by atoms with Crippen molar-refractivity contribution >= 4 is 39.1 Å². The summed E-state index contributed by atoms with van der Waals surface area (Å²) in [6.45, 7) is 0. The smallest absolute Gasteiger partial charge is 0.244 e. The van der Waals surface area contributed by atoms with Crippen LogP contribution in [0.2, 0.25) is 0 Å². The van der Waals surface area contributed by atoms with Gasteiger partial charge in [0.15, 0.2) is 0 Å². The summed E-state index contributed by atoms with van der Waals surface area (Å²) in [6, 6.07) is 5.43. The highest BCUT2D eigenvalue weighted by atomic mass is 32.2. The number of hydrogen-bond donors (Lipinski definition) is 0. The molecule has 0 spiro atoms. The van der Waals surface area contributed by atoms with Gasteiger partial charge in [-0.15, -0.1) is 11.8 Å². The van der Waals surface area contributed by atoms with Crippen LogP contribution in [0.4, 0.5) is 0 Å². The van der Waals surface area contributed by atoms with Crippen molar-refractivity contribution in [2.75, 3.05) is 20.5 Å². The fraction of sp³-hybridized carbons (Fsp3) is 0.231. The Labute approximate surface area is 120 Å². The molecule has 0 amide bonds. The van der Waals surface area contributed by atoms with Crippen LogP contribution in [0.15, 0.2) is 28.9 Å². The van der Waals surface area contributed by atoms with Crippen LogP contribution in [0.5, 0.6) is 11.5 Å². The molecule has 1 aliphatic rings. The first-order valence-electron chi connectivity index (χ1n) is 5.46. The minimum atomic E-state index is -0.0470. The zero-order chi connectivity index (χ0) is 13.8. The van der Waals surface area contributed by atoms with Gasteiger partial charge in [-0.3, -0.25) is 4.79 Å². The summed E-state index contributed by atoms with van der Waals surface area (Å²) in [5, 5.41) is -0.0470. The molecule has 0 unspecified atom stereocenters. The van der Waals surface area contributed by atoms with Crippen LogP contribution in [0.1, 0.15) is 5.56 Å². The van der Waals surface area contributed by atoms with E-state index >= 15 is 0 Å². The fourth-order valence-corrected chi connectivity index (χ4v) is 2.84. The van der Waals surface area contributed by atoms with Crippen LogP contribution in [-0.2, 0) is 4.79 Å². The van der Waals surface area contributed by atoms with Crippen molar-refractivity contribution in [3.63, 3.8) is 0 Å². The molecule has 19 heavy (non-hydrogen) atoms. The quantitative estimate of drug-likeness (QED) is 0.802. The SMILES string of the molecule is COc1ccc(OC)c(/C=C2/N=C(SC)SC2=O)c1. The summed E-state index contributed by atoms with van der Waals surface area (Å²) < 4.78 is 11.2. The minimum absolute atomic E-state index is 0.0470. The molecule has 0 N–H and O–H groups in total. The molecule has 1 heterocycles. The molecule has 0 saturated heterocycles.